The summed E-state index contributed by atoms with van der Waals surface area (Å²) < 4.78 is 46.0. The van der Waals surface area contributed by atoms with E-state index in [0.717, 1.165) is 16.9 Å². The second kappa shape index (κ2) is 15.8. The molecule has 0 aliphatic carbocycles. The van der Waals surface area contributed by atoms with E-state index in [0.29, 0.717) is 38.0 Å². The summed E-state index contributed by atoms with van der Waals surface area (Å²) in [7, 11) is -1.98. The first-order valence-corrected chi connectivity index (χ1v) is 14.7. The molecule has 8 nitrogen and oxygen atoms in total. The number of rotatable bonds is 17. The van der Waals surface area contributed by atoms with Gasteiger partial charge in [0.25, 0.3) is 0 Å². The Morgan fingerprint density at radius 1 is 1.11 bits per heavy atom. The van der Waals surface area contributed by atoms with Crippen LogP contribution in [0.4, 0.5) is 4.39 Å². The monoisotopic (exact) mass is 551 g/mol. The molecule has 0 aromatic heterocycles. The van der Waals surface area contributed by atoms with E-state index in [-0.39, 0.29) is 31.0 Å². The zero-order valence-electron chi connectivity index (χ0n) is 22.9. The zero-order chi connectivity index (χ0) is 28.1. The van der Waals surface area contributed by atoms with Gasteiger partial charge in [0.2, 0.25) is 15.9 Å². The number of benzene rings is 2. The molecule has 0 saturated heterocycles. The van der Waals surface area contributed by atoms with E-state index in [1.165, 1.54) is 10.4 Å². The maximum atomic E-state index is 13.8. The maximum absolute atomic E-state index is 13.8. The van der Waals surface area contributed by atoms with Crippen LogP contribution in [0.15, 0.2) is 42.5 Å². The lowest BCUT2D eigenvalue weighted by Gasteiger charge is -2.26. The Labute approximate surface area is 226 Å². The molecule has 1 amide bonds. The summed E-state index contributed by atoms with van der Waals surface area (Å²) in [6.45, 7) is 6.98. The first-order chi connectivity index (χ1) is 18.1. The van der Waals surface area contributed by atoms with Crippen molar-refractivity contribution in [1.29, 1.82) is 0 Å². The Bertz CT molecular complexity index is 1120. The Morgan fingerprint density at radius 2 is 1.82 bits per heavy atom. The summed E-state index contributed by atoms with van der Waals surface area (Å²) in [4.78, 5) is 12.8. The predicted molar refractivity (Wildman–Crippen MR) is 148 cm³/mol. The number of aliphatic hydroxyl groups is 1. The van der Waals surface area contributed by atoms with Gasteiger partial charge in [0.05, 0.1) is 25.0 Å². The fourth-order valence-electron chi connectivity index (χ4n) is 4.18. The average molecular weight is 552 g/mol. The molecule has 0 aliphatic rings. The second-order valence-corrected chi connectivity index (χ2v) is 11.6. The van der Waals surface area contributed by atoms with Gasteiger partial charge in [-0.05, 0) is 61.1 Å². The highest BCUT2D eigenvalue weighted by Crippen LogP contribution is 2.14. The minimum atomic E-state index is -3.57. The quantitative estimate of drug-likeness (QED) is 0.279. The van der Waals surface area contributed by atoms with E-state index in [9.17, 15) is 22.7 Å². The Balaban J connectivity index is 2.06. The molecule has 212 valence electrons. The molecule has 3 N–H and O–H groups in total. The van der Waals surface area contributed by atoms with Crippen LogP contribution in [0.25, 0.3) is 0 Å². The number of halogens is 1. The first-order valence-electron chi connectivity index (χ1n) is 13.1. The van der Waals surface area contributed by atoms with E-state index >= 15 is 0 Å². The van der Waals surface area contributed by atoms with E-state index in [1.807, 2.05) is 38.1 Å². The highest BCUT2D eigenvalue weighted by Gasteiger charge is 2.25. The lowest BCUT2D eigenvalue weighted by molar-refractivity contribution is -0.122. The number of sulfonamides is 1. The molecule has 2 rings (SSSR count). The van der Waals surface area contributed by atoms with Crippen molar-refractivity contribution in [2.75, 3.05) is 32.5 Å². The van der Waals surface area contributed by atoms with Crippen molar-refractivity contribution in [2.45, 2.75) is 65.1 Å². The van der Waals surface area contributed by atoms with Gasteiger partial charge >= 0.3 is 0 Å². The molecule has 0 fully saturated rings. The largest absolute Gasteiger partial charge is 0.497 e. The third-order valence-electron chi connectivity index (χ3n) is 6.23. The van der Waals surface area contributed by atoms with Crippen molar-refractivity contribution in [3.05, 3.63) is 65.0 Å². The first kappa shape index (κ1) is 31.7. The van der Waals surface area contributed by atoms with Gasteiger partial charge in [-0.15, -0.1) is 0 Å². The summed E-state index contributed by atoms with van der Waals surface area (Å²) in [6, 6.07) is 11.5. The highest BCUT2D eigenvalue weighted by molar-refractivity contribution is 7.89. The third-order valence-corrected chi connectivity index (χ3v) is 8.10. The van der Waals surface area contributed by atoms with E-state index < -0.39 is 28.1 Å². The SMILES string of the molecule is CCCN(CCC)S(=O)(=O)CCC(=O)N[C@@H](Cc1ccc(F)c(C)c1)[C@@H](O)CNCc1cccc(OC)c1. The standard InChI is InChI=1S/C28H42FN3O5S/c1-5-13-32(14-6-2)38(35,36)15-12-28(34)31-26(18-22-10-11-25(29)21(3)16-22)27(33)20-30-19-23-8-7-9-24(17-23)37-4/h7-11,16-17,26-27,30,33H,5-6,12-15,18-20H2,1-4H3,(H,31,34)/t26-,27-/m0/s1. The summed E-state index contributed by atoms with van der Waals surface area (Å²) >= 11 is 0. The lowest BCUT2D eigenvalue weighted by atomic mass is 9.99. The fraction of sp³-hybridized carbons (Fsp3) is 0.536. The number of amides is 1. The molecule has 0 saturated carbocycles. The second-order valence-electron chi connectivity index (χ2n) is 9.48. The van der Waals surface area contributed by atoms with Crippen molar-refractivity contribution in [2.24, 2.45) is 0 Å². The molecule has 0 unspecified atom stereocenters. The van der Waals surface area contributed by atoms with E-state index in [4.69, 9.17) is 4.74 Å². The van der Waals surface area contributed by atoms with Crippen molar-refractivity contribution < 1.29 is 27.4 Å². The minimum absolute atomic E-state index is 0.182. The number of hydrogen-bond acceptors (Lipinski definition) is 6. The van der Waals surface area contributed by atoms with Crippen LogP contribution < -0.4 is 15.4 Å². The van der Waals surface area contributed by atoms with E-state index in [2.05, 4.69) is 10.6 Å². The number of nitrogens with zero attached hydrogens (tertiary/aromatic N) is 1. The minimum Gasteiger partial charge on any atom is -0.497 e. The Morgan fingerprint density at radius 3 is 2.45 bits per heavy atom. The van der Waals surface area contributed by atoms with E-state index in [1.54, 1.807) is 26.2 Å². The molecule has 0 aliphatic heterocycles. The van der Waals surface area contributed by atoms with Crippen LogP contribution in [0.5, 0.6) is 5.75 Å². The van der Waals surface area contributed by atoms with Crippen molar-refractivity contribution in [3.63, 3.8) is 0 Å². The van der Waals surface area contributed by atoms with Crippen LogP contribution in [0, 0.1) is 12.7 Å². The third kappa shape index (κ3) is 10.3. The van der Waals surface area contributed by atoms with Crippen LogP contribution in [0.1, 0.15) is 49.8 Å². The normalized spacial score (nSPS) is 13.3. The zero-order valence-corrected chi connectivity index (χ0v) is 23.7. The average Bonchev–Trinajstić information content (AvgIpc) is 2.89. The molecule has 0 spiro atoms. The number of carbonyl (C=O) groups excluding carboxylic acids is 1. The number of hydrogen-bond donors (Lipinski definition) is 3. The number of aryl methyl sites for hydroxylation is 1. The summed E-state index contributed by atoms with van der Waals surface area (Å²) in [5, 5.41) is 17.0. The molecule has 0 radical (unpaired) electrons. The fourth-order valence-corrected chi connectivity index (χ4v) is 5.80. The van der Waals surface area contributed by atoms with Crippen LogP contribution in [-0.4, -0.2) is 68.4 Å². The molecule has 0 bridgehead atoms. The number of carbonyl (C=O) groups is 1. The highest BCUT2D eigenvalue weighted by atomic mass is 32.2. The van der Waals surface area contributed by atoms with Gasteiger partial charge in [-0.25, -0.2) is 17.1 Å². The number of nitrogens with one attached hydrogen (secondary N) is 2. The van der Waals surface area contributed by atoms with Crippen molar-refractivity contribution >= 4 is 15.9 Å². The van der Waals surface area contributed by atoms with Crippen LogP contribution in [-0.2, 0) is 27.8 Å². The smallest absolute Gasteiger partial charge is 0.221 e. The summed E-state index contributed by atoms with van der Waals surface area (Å²) in [5.74, 6) is -0.361. The van der Waals surface area contributed by atoms with Gasteiger partial charge in [-0.1, -0.05) is 38.1 Å². The van der Waals surface area contributed by atoms with Gasteiger partial charge in [0.1, 0.15) is 11.6 Å². The van der Waals surface area contributed by atoms with Gasteiger partial charge in [-0.2, -0.15) is 0 Å². The topological polar surface area (TPSA) is 108 Å². The summed E-state index contributed by atoms with van der Waals surface area (Å²) in [6.07, 6.45) is 0.469. The van der Waals surface area contributed by atoms with Crippen LogP contribution in [0.3, 0.4) is 0 Å². The Hall–Kier alpha value is -2.53. The number of ether oxygens (including phenoxy) is 1. The molecule has 2 aromatic rings. The van der Waals surface area contributed by atoms with Crippen LogP contribution in [0.2, 0.25) is 0 Å². The van der Waals surface area contributed by atoms with Crippen molar-refractivity contribution in [1.82, 2.24) is 14.9 Å². The molecule has 38 heavy (non-hydrogen) atoms. The molecule has 2 aromatic carbocycles. The number of aliphatic hydroxyl groups excluding tert-OH is 1. The molecular formula is C28H42FN3O5S. The molecular weight excluding hydrogens is 509 g/mol. The van der Waals surface area contributed by atoms with Gasteiger partial charge in [-0.3, -0.25) is 4.79 Å². The molecule has 0 heterocycles. The predicted octanol–water partition coefficient (Wildman–Crippen LogP) is 3.16. The van der Waals surface area contributed by atoms with Crippen LogP contribution >= 0.6 is 0 Å². The van der Waals surface area contributed by atoms with Crippen molar-refractivity contribution in [3.8, 4) is 5.75 Å². The van der Waals surface area contributed by atoms with Gasteiger partial charge < -0.3 is 20.5 Å². The number of methoxy groups -OCH3 is 1. The molecule has 10 heteroatoms. The van der Waals surface area contributed by atoms with Gasteiger partial charge in [0.15, 0.2) is 0 Å². The van der Waals surface area contributed by atoms with Gasteiger partial charge in [0, 0.05) is 32.6 Å². The molecule has 2 atom stereocenters. The maximum Gasteiger partial charge on any atom is 0.221 e. The summed E-state index contributed by atoms with van der Waals surface area (Å²) in [5.41, 5.74) is 2.20. The lowest BCUT2D eigenvalue weighted by Crippen LogP contribution is -2.49. The Kier molecular flexibility index (Phi) is 13.2.